The number of rotatable bonds is 11. The van der Waals surface area contributed by atoms with Gasteiger partial charge >= 0.3 is 0 Å². The molecule has 4 aromatic rings. The first-order chi connectivity index (χ1) is 25.4. The average molecular weight is 702 g/mol. The monoisotopic (exact) mass is 701 g/mol. The van der Waals surface area contributed by atoms with E-state index in [1.54, 1.807) is 54.5 Å². The van der Waals surface area contributed by atoms with Gasteiger partial charge in [-0.2, -0.15) is 0 Å². The molecule has 2 heterocycles. The predicted octanol–water partition coefficient (Wildman–Crippen LogP) is 6.53. The molecule has 1 atom stereocenters. The van der Waals surface area contributed by atoms with Crippen molar-refractivity contribution >= 4 is 23.4 Å². The van der Waals surface area contributed by atoms with Crippen molar-refractivity contribution in [2.45, 2.75) is 57.1 Å². The van der Waals surface area contributed by atoms with Gasteiger partial charge in [0.1, 0.15) is 5.75 Å². The minimum atomic E-state index is -0.360. The number of likely N-dealkylation sites (N-methyl/N-ethyl adjacent to an activating group) is 1. The van der Waals surface area contributed by atoms with Crippen LogP contribution in [-0.4, -0.2) is 85.0 Å². The number of hydrogen-bond acceptors (Lipinski definition) is 7. The maximum absolute atomic E-state index is 13.8. The summed E-state index contributed by atoms with van der Waals surface area (Å²) < 4.78 is 11.8. The van der Waals surface area contributed by atoms with Crippen molar-refractivity contribution in [1.82, 2.24) is 20.1 Å². The van der Waals surface area contributed by atoms with E-state index in [0.717, 1.165) is 64.6 Å². The zero-order valence-electron chi connectivity index (χ0n) is 29.8. The summed E-state index contributed by atoms with van der Waals surface area (Å²) in [6.45, 7) is 4.47. The van der Waals surface area contributed by atoms with Crippen molar-refractivity contribution in [2.75, 3.05) is 51.8 Å². The standard InChI is InChI=1S/C42H47N5O5/c1-46(20-21-47-22-24-51-25-23-47)42(50)32-11-6-10-30(26-32)40(48)45-38-17-16-34(52-33-12-3-4-13-33)28-36(38)39-27-31(18-19-43-39)41(49)44-37-15-7-9-29-8-2-5-14-35(29)37/h2,5-6,8,10-11,14,16-19,26-28,33,37H,3-4,7,9,12-13,15,20-25H2,1H3,(H,44,49)(H,45,48)/t37-/m0/s1. The van der Waals surface area contributed by atoms with E-state index >= 15 is 0 Å². The van der Waals surface area contributed by atoms with Crippen LogP contribution in [0.5, 0.6) is 5.75 Å². The number of aromatic nitrogens is 1. The SMILES string of the molecule is CN(CCN1CCOCC1)C(=O)c1cccc(C(=O)Nc2ccc(OC3CCCC3)cc2-c2cc(C(=O)N[C@H]3CCCc4ccccc43)ccn2)c1. The molecule has 0 radical (unpaired) electrons. The third-order valence-electron chi connectivity index (χ3n) is 10.4. The summed E-state index contributed by atoms with van der Waals surface area (Å²) in [5.74, 6) is 0.00276. The van der Waals surface area contributed by atoms with E-state index < -0.39 is 0 Å². The van der Waals surface area contributed by atoms with Crippen molar-refractivity contribution < 1.29 is 23.9 Å². The zero-order valence-corrected chi connectivity index (χ0v) is 29.8. The van der Waals surface area contributed by atoms with E-state index in [0.29, 0.717) is 59.1 Å². The molecule has 2 aliphatic carbocycles. The molecule has 2 fully saturated rings. The van der Waals surface area contributed by atoms with Crippen LogP contribution in [0, 0.1) is 0 Å². The Kier molecular flexibility index (Phi) is 11.2. The van der Waals surface area contributed by atoms with Gasteiger partial charge in [0.05, 0.1) is 36.7 Å². The number of pyridine rings is 1. The number of carbonyl (C=O) groups excluding carboxylic acids is 3. The molecular formula is C42H47N5O5. The smallest absolute Gasteiger partial charge is 0.255 e. The number of hydrogen-bond donors (Lipinski definition) is 2. The highest BCUT2D eigenvalue weighted by Crippen LogP contribution is 2.34. The highest BCUT2D eigenvalue weighted by atomic mass is 16.5. The van der Waals surface area contributed by atoms with Gasteiger partial charge in [0.15, 0.2) is 0 Å². The van der Waals surface area contributed by atoms with Crippen LogP contribution in [0.1, 0.15) is 86.8 Å². The lowest BCUT2D eigenvalue weighted by Gasteiger charge is -2.28. The Morgan fingerprint density at radius 2 is 1.65 bits per heavy atom. The van der Waals surface area contributed by atoms with Gasteiger partial charge in [-0.1, -0.05) is 30.3 Å². The molecule has 1 saturated carbocycles. The number of aryl methyl sites for hydroxylation is 1. The van der Waals surface area contributed by atoms with E-state index in [4.69, 9.17) is 9.47 Å². The second kappa shape index (κ2) is 16.5. The Morgan fingerprint density at radius 3 is 2.50 bits per heavy atom. The number of fused-ring (bicyclic) bond motifs is 1. The first-order valence-corrected chi connectivity index (χ1v) is 18.5. The fourth-order valence-electron chi connectivity index (χ4n) is 7.41. The molecule has 0 bridgehead atoms. The number of morpholine rings is 1. The van der Waals surface area contributed by atoms with Gasteiger partial charge < -0.3 is 25.0 Å². The second-order valence-electron chi connectivity index (χ2n) is 14.0. The summed E-state index contributed by atoms with van der Waals surface area (Å²) >= 11 is 0. The fourth-order valence-corrected chi connectivity index (χ4v) is 7.41. The largest absolute Gasteiger partial charge is 0.490 e. The first-order valence-electron chi connectivity index (χ1n) is 18.5. The maximum atomic E-state index is 13.8. The summed E-state index contributed by atoms with van der Waals surface area (Å²) in [5.41, 5.74) is 5.43. The van der Waals surface area contributed by atoms with E-state index in [1.165, 1.54) is 11.1 Å². The van der Waals surface area contributed by atoms with Crippen molar-refractivity contribution in [3.05, 3.63) is 113 Å². The van der Waals surface area contributed by atoms with Crippen LogP contribution in [0.2, 0.25) is 0 Å². The first kappa shape index (κ1) is 35.3. The molecule has 10 heteroatoms. The second-order valence-corrected chi connectivity index (χ2v) is 14.0. The minimum Gasteiger partial charge on any atom is -0.490 e. The molecule has 3 aromatic carbocycles. The molecule has 1 saturated heterocycles. The molecule has 52 heavy (non-hydrogen) atoms. The van der Waals surface area contributed by atoms with Crippen LogP contribution in [0.25, 0.3) is 11.3 Å². The van der Waals surface area contributed by atoms with Crippen LogP contribution >= 0.6 is 0 Å². The quantitative estimate of drug-likeness (QED) is 0.183. The van der Waals surface area contributed by atoms with Gasteiger partial charge in [-0.3, -0.25) is 24.3 Å². The molecule has 1 aliphatic heterocycles. The van der Waals surface area contributed by atoms with Crippen LogP contribution in [-0.2, 0) is 11.2 Å². The van der Waals surface area contributed by atoms with Crippen molar-refractivity contribution in [2.24, 2.45) is 0 Å². The highest BCUT2D eigenvalue weighted by molar-refractivity contribution is 6.08. The molecular weight excluding hydrogens is 654 g/mol. The summed E-state index contributed by atoms with van der Waals surface area (Å²) in [5, 5.41) is 6.30. The van der Waals surface area contributed by atoms with Gasteiger partial charge in [-0.05, 0) is 105 Å². The molecule has 2 N–H and O–H groups in total. The Morgan fingerprint density at radius 1 is 0.865 bits per heavy atom. The van der Waals surface area contributed by atoms with Crippen molar-refractivity contribution in [1.29, 1.82) is 0 Å². The fraction of sp³-hybridized carbons (Fsp3) is 0.381. The number of nitrogens with one attached hydrogen (secondary N) is 2. The number of amides is 3. The third-order valence-corrected chi connectivity index (χ3v) is 10.4. The van der Waals surface area contributed by atoms with E-state index in [2.05, 4.69) is 32.7 Å². The molecule has 0 unspecified atom stereocenters. The van der Waals surface area contributed by atoms with E-state index in [-0.39, 0.29) is 29.9 Å². The number of benzene rings is 3. The zero-order chi connectivity index (χ0) is 35.9. The topological polar surface area (TPSA) is 113 Å². The number of ether oxygens (including phenoxy) is 2. The normalized spacial score (nSPS) is 17.6. The predicted molar refractivity (Wildman–Crippen MR) is 201 cm³/mol. The van der Waals surface area contributed by atoms with Gasteiger partial charge in [-0.15, -0.1) is 0 Å². The highest BCUT2D eigenvalue weighted by Gasteiger charge is 2.24. The van der Waals surface area contributed by atoms with E-state index in [1.807, 2.05) is 30.3 Å². The summed E-state index contributed by atoms with van der Waals surface area (Å²) in [6, 6.07) is 24.1. The summed E-state index contributed by atoms with van der Waals surface area (Å²) in [4.78, 5) is 49.4. The van der Waals surface area contributed by atoms with Gasteiger partial charge in [-0.25, -0.2) is 0 Å². The molecule has 10 nitrogen and oxygen atoms in total. The van der Waals surface area contributed by atoms with Crippen molar-refractivity contribution in [3.8, 4) is 17.0 Å². The van der Waals surface area contributed by atoms with Crippen LogP contribution in [0.3, 0.4) is 0 Å². The third kappa shape index (κ3) is 8.52. The number of carbonyl (C=O) groups is 3. The van der Waals surface area contributed by atoms with Crippen LogP contribution in [0.15, 0.2) is 85.1 Å². The van der Waals surface area contributed by atoms with Crippen molar-refractivity contribution in [3.63, 3.8) is 0 Å². The molecule has 3 amide bonds. The summed E-state index contributed by atoms with van der Waals surface area (Å²) in [7, 11) is 1.78. The summed E-state index contributed by atoms with van der Waals surface area (Å²) in [6.07, 6.45) is 8.97. The minimum absolute atomic E-state index is 0.0562. The van der Waals surface area contributed by atoms with Crippen LogP contribution in [0.4, 0.5) is 5.69 Å². The van der Waals surface area contributed by atoms with Gasteiger partial charge in [0.25, 0.3) is 17.7 Å². The van der Waals surface area contributed by atoms with Gasteiger partial charge in [0, 0.05) is 61.7 Å². The lowest BCUT2D eigenvalue weighted by molar-refractivity contribution is 0.0338. The lowest BCUT2D eigenvalue weighted by Crippen LogP contribution is -2.41. The lowest BCUT2D eigenvalue weighted by atomic mass is 9.87. The number of nitrogens with zero attached hydrogens (tertiary/aromatic N) is 3. The Balaban J connectivity index is 1.10. The number of anilines is 1. The average Bonchev–Trinajstić information content (AvgIpc) is 3.71. The molecule has 270 valence electrons. The Hall–Kier alpha value is -5.06. The maximum Gasteiger partial charge on any atom is 0.255 e. The van der Waals surface area contributed by atoms with Crippen LogP contribution < -0.4 is 15.4 Å². The van der Waals surface area contributed by atoms with E-state index in [9.17, 15) is 14.4 Å². The Bertz CT molecular complexity index is 1900. The molecule has 0 spiro atoms. The molecule has 1 aromatic heterocycles. The van der Waals surface area contributed by atoms with Gasteiger partial charge in [0.2, 0.25) is 0 Å². The molecule has 3 aliphatic rings. The molecule has 7 rings (SSSR count). The Labute approximate surface area is 305 Å².